The smallest absolute Gasteiger partial charge is 0.268 e. The standard InChI is InChI=1S/C28H26N4O2S/c1-20(2)21-10-12-25(13-11-21)34-16-15-32-14-6-9-24(32)17-23(18-29)27(33)31-28-30-26(19-35-28)22-7-4-3-5-8-22/h3-14,17,19-20H,15-16H2,1-2H3,(H,30,31,33)/b23-17-. The van der Waals surface area contributed by atoms with Crippen LogP contribution in [0.1, 0.15) is 31.0 Å². The first-order valence-electron chi connectivity index (χ1n) is 11.4. The summed E-state index contributed by atoms with van der Waals surface area (Å²) < 4.78 is 7.82. The van der Waals surface area contributed by atoms with Gasteiger partial charge in [0.1, 0.15) is 24.0 Å². The van der Waals surface area contributed by atoms with Crippen LogP contribution in [0.25, 0.3) is 17.3 Å². The maximum atomic E-state index is 12.7. The first-order valence-corrected chi connectivity index (χ1v) is 12.2. The summed E-state index contributed by atoms with van der Waals surface area (Å²) in [5.74, 6) is 0.802. The van der Waals surface area contributed by atoms with Crippen molar-refractivity contribution in [3.63, 3.8) is 0 Å². The quantitative estimate of drug-likeness (QED) is 0.222. The molecule has 0 radical (unpaired) electrons. The average Bonchev–Trinajstić information content (AvgIpc) is 3.53. The van der Waals surface area contributed by atoms with Crippen molar-refractivity contribution >= 4 is 28.5 Å². The van der Waals surface area contributed by atoms with E-state index in [9.17, 15) is 10.1 Å². The zero-order valence-corrected chi connectivity index (χ0v) is 20.5. The van der Waals surface area contributed by atoms with Crippen molar-refractivity contribution in [2.75, 3.05) is 11.9 Å². The number of ether oxygens (including phenoxy) is 1. The van der Waals surface area contributed by atoms with Crippen molar-refractivity contribution in [2.45, 2.75) is 26.3 Å². The van der Waals surface area contributed by atoms with Gasteiger partial charge in [0.05, 0.1) is 12.2 Å². The maximum absolute atomic E-state index is 12.7. The Labute approximate surface area is 209 Å². The first kappa shape index (κ1) is 24.0. The second kappa shape index (κ2) is 11.3. The van der Waals surface area contributed by atoms with E-state index in [0.29, 0.717) is 24.2 Å². The Morgan fingerprint density at radius 3 is 2.63 bits per heavy atom. The van der Waals surface area contributed by atoms with Gasteiger partial charge in [-0.05, 0) is 41.8 Å². The van der Waals surface area contributed by atoms with Crippen LogP contribution in [-0.2, 0) is 11.3 Å². The van der Waals surface area contributed by atoms with Gasteiger partial charge >= 0.3 is 0 Å². The highest BCUT2D eigenvalue weighted by Crippen LogP contribution is 2.25. The zero-order valence-electron chi connectivity index (χ0n) is 19.6. The summed E-state index contributed by atoms with van der Waals surface area (Å²) in [4.78, 5) is 17.2. The van der Waals surface area contributed by atoms with Crippen LogP contribution in [0, 0.1) is 11.3 Å². The molecule has 0 spiro atoms. The normalized spacial score (nSPS) is 11.3. The molecule has 0 bridgehead atoms. The highest BCUT2D eigenvalue weighted by Gasteiger charge is 2.13. The fraction of sp³-hybridized carbons (Fsp3) is 0.179. The van der Waals surface area contributed by atoms with Crippen molar-refractivity contribution in [2.24, 2.45) is 0 Å². The molecular weight excluding hydrogens is 456 g/mol. The predicted molar refractivity (Wildman–Crippen MR) is 140 cm³/mol. The van der Waals surface area contributed by atoms with Crippen LogP contribution in [0.2, 0.25) is 0 Å². The summed E-state index contributed by atoms with van der Waals surface area (Å²) in [5, 5.41) is 14.7. The summed E-state index contributed by atoms with van der Waals surface area (Å²) in [5.41, 5.74) is 3.77. The minimum absolute atomic E-state index is 0.00611. The minimum Gasteiger partial charge on any atom is -0.492 e. The van der Waals surface area contributed by atoms with Crippen LogP contribution in [0.5, 0.6) is 5.75 Å². The number of rotatable bonds is 9. The molecule has 0 atom stereocenters. The Morgan fingerprint density at radius 1 is 1.14 bits per heavy atom. The summed E-state index contributed by atoms with van der Waals surface area (Å²) in [7, 11) is 0. The van der Waals surface area contributed by atoms with Crippen molar-refractivity contribution < 1.29 is 9.53 Å². The number of nitrogens with one attached hydrogen (secondary N) is 1. The summed E-state index contributed by atoms with van der Waals surface area (Å²) in [6.45, 7) is 5.36. The Morgan fingerprint density at radius 2 is 1.91 bits per heavy atom. The van der Waals surface area contributed by atoms with Crippen LogP contribution in [0.3, 0.4) is 0 Å². The van der Waals surface area contributed by atoms with Crippen molar-refractivity contribution in [1.29, 1.82) is 5.26 Å². The number of anilines is 1. The van der Waals surface area contributed by atoms with Crippen LogP contribution in [0.4, 0.5) is 5.13 Å². The van der Waals surface area contributed by atoms with Gasteiger partial charge in [0, 0.05) is 22.8 Å². The number of carbonyl (C=O) groups is 1. The molecule has 4 rings (SSSR count). The summed E-state index contributed by atoms with van der Waals surface area (Å²) >= 11 is 1.32. The van der Waals surface area contributed by atoms with E-state index in [1.807, 2.05) is 76.8 Å². The van der Waals surface area contributed by atoms with Gasteiger partial charge in [0.2, 0.25) is 0 Å². The fourth-order valence-corrected chi connectivity index (χ4v) is 4.22. The number of nitrogens with zero attached hydrogens (tertiary/aromatic N) is 3. The second-order valence-corrected chi connectivity index (χ2v) is 9.08. The van der Waals surface area contributed by atoms with E-state index in [1.54, 1.807) is 6.08 Å². The highest BCUT2D eigenvalue weighted by molar-refractivity contribution is 7.14. The number of carbonyl (C=O) groups excluding carboxylic acids is 1. The highest BCUT2D eigenvalue weighted by atomic mass is 32.1. The fourth-order valence-electron chi connectivity index (χ4n) is 3.51. The maximum Gasteiger partial charge on any atom is 0.268 e. The second-order valence-electron chi connectivity index (χ2n) is 8.23. The number of hydrogen-bond acceptors (Lipinski definition) is 5. The Hall–Kier alpha value is -4.15. The molecule has 7 heteroatoms. The third-order valence-corrected chi connectivity index (χ3v) is 6.22. The lowest BCUT2D eigenvalue weighted by Gasteiger charge is -2.11. The molecule has 6 nitrogen and oxygen atoms in total. The molecule has 0 fully saturated rings. The van der Waals surface area contributed by atoms with Gasteiger partial charge in [0.25, 0.3) is 5.91 Å². The molecule has 2 heterocycles. The third kappa shape index (κ3) is 6.25. The molecule has 1 N–H and O–H groups in total. The van der Waals surface area contributed by atoms with Crippen molar-refractivity contribution in [3.05, 3.63) is 95.1 Å². The Bertz CT molecular complexity index is 1350. The van der Waals surface area contributed by atoms with Crippen LogP contribution >= 0.6 is 11.3 Å². The monoisotopic (exact) mass is 482 g/mol. The van der Waals surface area contributed by atoms with Gasteiger partial charge in [-0.3, -0.25) is 10.1 Å². The molecule has 1 amide bonds. The van der Waals surface area contributed by atoms with Crippen LogP contribution < -0.4 is 10.1 Å². The molecular formula is C28H26N4O2S. The Kier molecular flexibility index (Phi) is 7.76. The average molecular weight is 483 g/mol. The minimum atomic E-state index is -0.490. The number of benzene rings is 2. The van der Waals surface area contributed by atoms with E-state index >= 15 is 0 Å². The predicted octanol–water partition coefficient (Wildman–Crippen LogP) is 6.36. The molecule has 0 saturated carbocycles. The lowest BCUT2D eigenvalue weighted by molar-refractivity contribution is -0.112. The molecule has 35 heavy (non-hydrogen) atoms. The molecule has 4 aromatic rings. The van der Waals surface area contributed by atoms with Gasteiger partial charge < -0.3 is 9.30 Å². The van der Waals surface area contributed by atoms with E-state index in [2.05, 4.69) is 36.3 Å². The van der Waals surface area contributed by atoms with Crippen LogP contribution in [-0.4, -0.2) is 22.1 Å². The van der Waals surface area contributed by atoms with E-state index in [0.717, 1.165) is 22.7 Å². The molecule has 0 aliphatic heterocycles. The van der Waals surface area contributed by atoms with Crippen molar-refractivity contribution in [3.8, 4) is 23.1 Å². The number of thiazole rings is 1. The zero-order chi connectivity index (χ0) is 24.6. The van der Waals surface area contributed by atoms with Crippen molar-refractivity contribution in [1.82, 2.24) is 9.55 Å². The molecule has 0 aliphatic carbocycles. The topological polar surface area (TPSA) is 79.9 Å². The molecule has 0 saturated heterocycles. The summed E-state index contributed by atoms with van der Waals surface area (Å²) in [6, 6.07) is 23.6. The number of hydrogen-bond donors (Lipinski definition) is 1. The molecule has 2 aromatic heterocycles. The van der Waals surface area contributed by atoms with E-state index < -0.39 is 5.91 Å². The largest absolute Gasteiger partial charge is 0.492 e. The van der Waals surface area contributed by atoms with Gasteiger partial charge in [-0.15, -0.1) is 11.3 Å². The van der Waals surface area contributed by atoms with Gasteiger partial charge in [0.15, 0.2) is 5.13 Å². The number of amides is 1. The van der Waals surface area contributed by atoms with Gasteiger partial charge in [-0.25, -0.2) is 4.98 Å². The lowest BCUT2D eigenvalue weighted by atomic mass is 10.0. The lowest BCUT2D eigenvalue weighted by Crippen LogP contribution is -2.14. The van der Waals surface area contributed by atoms with E-state index in [1.165, 1.54) is 16.9 Å². The van der Waals surface area contributed by atoms with E-state index in [4.69, 9.17) is 4.74 Å². The first-order chi connectivity index (χ1) is 17.0. The Balaban J connectivity index is 1.38. The summed E-state index contributed by atoms with van der Waals surface area (Å²) in [6.07, 6.45) is 3.48. The van der Waals surface area contributed by atoms with Gasteiger partial charge in [-0.2, -0.15) is 5.26 Å². The van der Waals surface area contributed by atoms with Gasteiger partial charge in [-0.1, -0.05) is 56.3 Å². The van der Waals surface area contributed by atoms with E-state index in [-0.39, 0.29) is 5.57 Å². The molecule has 0 unspecified atom stereocenters. The number of aromatic nitrogens is 2. The SMILES string of the molecule is CC(C)c1ccc(OCCn2cccc2/C=C(/C#N)C(=O)Nc2nc(-c3ccccc3)cs2)cc1. The molecule has 2 aromatic carbocycles. The third-order valence-electron chi connectivity index (χ3n) is 5.46. The molecule has 0 aliphatic rings. The molecule has 176 valence electrons. The van der Waals surface area contributed by atoms with Crippen LogP contribution in [0.15, 0.2) is 83.9 Å². The number of nitriles is 1.